The first-order valence-corrected chi connectivity index (χ1v) is 56.1. The van der Waals surface area contributed by atoms with E-state index in [0.29, 0.717) is 0 Å². The van der Waals surface area contributed by atoms with Crippen molar-refractivity contribution in [1.29, 1.82) is 0 Å². The molecule has 634 valence electrons. The van der Waals surface area contributed by atoms with Crippen LogP contribution in [0.25, 0.3) is 129 Å². The molecule has 0 aliphatic heterocycles. The molecule has 12 heteroatoms. The van der Waals surface area contributed by atoms with Crippen molar-refractivity contribution < 1.29 is 0 Å². The predicted molar refractivity (Wildman–Crippen MR) is 555 cm³/mol. The van der Waals surface area contributed by atoms with E-state index in [4.69, 9.17) is 0 Å². The maximum absolute atomic E-state index is 2.63. The van der Waals surface area contributed by atoms with Crippen molar-refractivity contribution in [3.63, 3.8) is 0 Å². The molecular formula is C108H130S12. The van der Waals surface area contributed by atoms with Gasteiger partial charge in [-0.05, 0) is 291 Å². The van der Waals surface area contributed by atoms with Crippen LogP contribution in [0.3, 0.4) is 0 Å². The van der Waals surface area contributed by atoms with Crippen molar-refractivity contribution >= 4 is 136 Å². The maximum atomic E-state index is 2.63. The quantitative estimate of drug-likeness (QED) is 0.0334. The molecule has 0 bridgehead atoms. The van der Waals surface area contributed by atoms with E-state index in [1.54, 1.807) is 10.4 Å². The zero-order valence-electron chi connectivity index (χ0n) is 74.0. The van der Waals surface area contributed by atoms with Crippen molar-refractivity contribution in [2.24, 2.45) is 0 Å². The number of benzene rings is 2. The second-order valence-corrected chi connectivity index (χ2v) is 47.2. The number of hydrogen-bond donors (Lipinski definition) is 0. The Morgan fingerprint density at radius 3 is 0.708 bits per heavy atom. The summed E-state index contributed by atoms with van der Waals surface area (Å²) in [4.78, 5) is 34.4. The van der Waals surface area contributed by atoms with E-state index < -0.39 is 0 Å². The fraction of sp³-hybridized carbons (Fsp3) is 0.444. The molecule has 0 nitrogen and oxygen atoms in total. The van der Waals surface area contributed by atoms with Crippen LogP contribution >= 0.6 is 136 Å². The van der Waals surface area contributed by atoms with Crippen LogP contribution in [0.1, 0.15) is 307 Å². The first-order valence-electron chi connectivity index (χ1n) is 46.3. The minimum absolute atomic E-state index is 0.0579. The van der Waals surface area contributed by atoms with Crippen molar-refractivity contribution in [1.82, 2.24) is 0 Å². The van der Waals surface area contributed by atoms with Crippen LogP contribution in [0, 0.1) is 0 Å². The number of hydrogen-bond acceptors (Lipinski definition) is 12. The summed E-state index contributed by atoms with van der Waals surface area (Å²) in [5.41, 5.74) is 15.1. The second-order valence-electron chi connectivity index (χ2n) is 34.3. The zero-order chi connectivity index (χ0) is 83.5. The van der Waals surface area contributed by atoms with Gasteiger partial charge in [0.25, 0.3) is 0 Å². The third-order valence-corrected chi connectivity index (χ3v) is 41.5. The van der Waals surface area contributed by atoms with E-state index in [1.165, 1.54) is 336 Å². The first kappa shape index (κ1) is 91.1. The van der Waals surface area contributed by atoms with Crippen molar-refractivity contribution in [3.05, 3.63) is 202 Å². The number of rotatable bonds is 49. The Bertz CT molecular complexity index is 5480. The number of thiophene rings is 12. The smallest absolute Gasteiger partial charge is 0.0481 e. The van der Waals surface area contributed by atoms with Gasteiger partial charge in [-0.15, -0.1) is 136 Å². The molecule has 0 radical (unpaired) electrons. The van der Waals surface area contributed by atoms with E-state index in [1.807, 2.05) is 79.4 Å². The van der Waals surface area contributed by atoms with Gasteiger partial charge in [-0.1, -0.05) is 229 Å². The Labute approximate surface area is 770 Å². The molecule has 12 aromatic heterocycles. The molecular weight excluding hydrogens is 1680 g/mol. The summed E-state index contributed by atoms with van der Waals surface area (Å²) in [5, 5.41) is 0. The van der Waals surface area contributed by atoms with E-state index in [-0.39, 0.29) is 10.8 Å². The molecule has 14 rings (SSSR count). The lowest BCUT2D eigenvalue weighted by Crippen LogP contribution is -2.19. The van der Waals surface area contributed by atoms with E-state index in [9.17, 15) is 0 Å². The average molecular weight is 1810 g/mol. The largest absolute Gasteiger partial charge is 0.139 e. The molecule has 0 saturated heterocycles. The summed E-state index contributed by atoms with van der Waals surface area (Å²) in [5.74, 6) is 0. The van der Waals surface area contributed by atoms with Gasteiger partial charge in [-0.2, -0.15) is 0 Å². The molecule has 0 amide bonds. The van der Waals surface area contributed by atoms with Gasteiger partial charge in [0, 0.05) is 122 Å². The fourth-order valence-electron chi connectivity index (χ4n) is 17.0. The highest BCUT2D eigenvalue weighted by Gasteiger charge is 2.30. The fourth-order valence-corrected chi connectivity index (χ4v) is 31.8. The van der Waals surface area contributed by atoms with Crippen LogP contribution in [0.4, 0.5) is 0 Å². The van der Waals surface area contributed by atoms with Crippen LogP contribution in [0.2, 0.25) is 0 Å². The van der Waals surface area contributed by atoms with Crippen LogP contribution < -0.4 is 0 Å². The van der Waals surface area contributed by atoms with Crippen molar-refractivity contribution in [2.75, 3.05) is 0 Å². The summed E-state index contributed by atoms with van der Waals surface area (Å²) < 4.78 is 0. The molecule has 0 spiro atoms. The van der Waals surface area contributed by atoms with Crippen LogP contribution in [-0.4, -0.2) is 0 Å². The monoisotopic (exact) mass is 1810 g/mol. The van der Waals surface area contributed by atoms with Gasteiger partial charge in [0.2, 0.25) is 0 Å². The Hall–Kier alpha value is -5.16. The first-order chi connectivity index (χ1) is 58.7. The average Bonchev–Trinajstić information content (AvgIpc) is 1.60. The van der Waals surface area contributed by atoms with Gasteiger partial charge >= 0.3 is 0 Å². The van der Waals surface area contributed by atoms with Crippen LogP contribution in [0.15, 0.2) is 158 Å². The zero-order valence-corrected chi connectivity index (χ0v) is 83.7. The molecule has 120 heavy (non-hydrogen) atoms. The molecule has 0 aliphatic carbocycles. The molecule has 0 aliphatic rings. The molecule has 0 atom stereocenters. The minimum atomic E-state index is 0.0579. The molecule has 14 aromatic rings. The predicted octanol–water partition coefficient (Wildman–Crippen LogP) is 41.0. The lowest BCUT2D eigenvalue weighted by Gasteiger charge is -2.28. The highest BCUT2D eigenvalue weighted by Crippen LogP contribution is 2.55. The van der Waals surface area contributed by atoms with Crippen LogP contribution in [-0.2, 0) is 49.4 Å². The SMILES string of the molecule is CCCCCCc1cc(-c2ccccc2)sc1-c1ccc(-c2ccc(-c3sc(-c4cc(CCCCCC)c(-c5ccc(-c6ccc(-c7sc(-c8cc(-c9cc(CCCCCC)c(-c%10ccc(-c%11ccc(-c%12sc(C(C)(CC)CC)cc%12CCCCCC)s%11)s%10)s9)cc(C(C)(CC)CC)c8)cc7CCCCCC)s6)s5)s4)cc3CCCCCC)s2)s1. The summed E-state index contributed by atoms with van der Waals surface area (Å²) in [7, 11) is 0. The van der Waals surface area contributed by atoms with Gasteiger partial charge in [-0.25, -0.2) is 0 Å². The second kappa shape index (κ2) is 44.3. The normalized spacial score (nSPS) is 12.1. The summed E-state index contributed by atoms with van der Waals surface area (Å²) in [6.07, 6.45) is 41.9. The molecule has 0 unspecified atom stereocenters. The van der Waals surface area contributed by atoms with E-state index in [0.717, 1.165) is 44.9 Å². The van der Waals surface area contributed by atoms with Crippen LogP contribution in [0.5, 0.6) is 0 Å². The van der Waals surface area contributed by atoms with Gasteiger partial charge < -0.3 is 0 Å². The van der Waals surface area contributed by atoms with Crippen molar-refractivity contribution in [2.45, 2.75) is 312 Å². The third-order valence-electron chi connectivity index (χ3n) is 25.6. The van der Waals surface area contributed by atoms with Gasteiger partial charge in [0.05, 0.1) is 0 Å². The molecule has 0 saturated carbocycles. The molecule has 0 N–H and O–H groups in total. The van der Waals surface area contributed by atoms with Crippen molar-refractivity contribution in [3.8, 4) is 129 Å². The summed E-state index contributed by atoms with van der Waals surface area (Å²) >= 11 is 24.4. The van der Waals surface area contributed by atoms with E-state index >= 15 is 0 Å². The lowest BCUT2D eigenvalue weighted by molar-refractivity contribution is 0.439. The Morgan fingerprint density at radius 2 is 0.433 bits per heavy atom. The Kier molecular flexibility index (Phi) is 33.6. The summed E-state index contributed by atoms with van der Waals surface area (Å²) in [6.45, 7) is 28.6. The standard InChI is InChI=1S/C108H130S12/c1-13-23-29-36-46-74-67-95(73-44-42-35-43-45-73)115-101(74)89-58-52-83(109-89)85-55-61-92(112-85)104-77(49-39-32-26-16-4)70-98(118-104)99-71-78(50-40-33-27-17-5)105(119-99)93-62-56-86(113-93)84-53-59-90(110-84)102-75(47-37-30-24-14-2)68-96(116-102)80-64-81(66-82(65-80)107(11,19-7)20-8)97-69-76(48-38-31-25-15-3)103(117-97)91-60-54-87(111-91)88-57-63-94(114-88)106-79(51-41-34-28-18-6)72-100(120-106)108(12,21-9)22-10/h35,42-45,52-72H,13-34,36-41,46-51H2,1-12H3. The van der Waals surface area contributed by atoms with Gasteiger partial charge in [0.15, 0.2) is 0 Å². The lowest BCUT2D eigenvalue weighted by atomic mass is 9.76. The number of unbranched alkanes of at least 4 members (excludes halogenated alkanes) is 18. The summed E-state index contributed by atoms with van der Waals surface area (Å²) in [6, 6.07) is 63.8. The minimum Gasteiger partial charge on any atom is -0.139 e. The highest BCUT2D eigenvalue weighted by atomic mass is 32.1. The Balaban J connectivity index is 0.756. The number of aryl methyl sites for hydroxylation is 6. The maximum Gasteiger partial charge on any atom is 0.0481 e. The topological polar surface area (TPSA) is 0 Å². The van der Waals surface area contributed by atoms with Gasteiger partial charge in [-0.3, -0.25) is 0 Å². The molecule has 12 heterocycles. The molecule has 0 fully saturated rings. The highest BCUT2D eigenvalue weighted by molar-refractivity contribution is 7.32. The van der Waals surface area contributed by atoms with Gasteiger partial charge in [0.1, 0.15) is 0 Å². The third kappa shape index (κ3) is 22.1. The van der Waals surface area contributed by atoms with E-state index in [2.05, 4.69) is 297 Å². The molecule has 2 aromatic carbocycles. The Morgan fingerprint density at radius 1 is 0.192 bits per heavy atom.